The molecule has 1 aliphatic rings. The standard InChI is InChI=1S/C27H47NO5/c1-23-21-22-24(29)28(23)33-26(31)20-18-16-14-12-10-8-6-5-7-9-11-13-15-17-19-25(30)32-27(2,3)4/h1,5-22H2,2-4H3. The van der Waals surface area contributed by atoms with E-state index in [-0.39, 0.29) is 23.4 Å². The van der Waals surface area contributed by atoms with Crippen molar-refractivity contribution in [1.82, 2.24) is 5.06 Å². The Labute approximate surface area is 201 Å². The topological polar surface area (TPSA) is 72.9 Å². The summed E-state index contributed by atoms with van der Waals surface area (Å²) in [6.07, 6.45) is 18.3. The van der Waals surface area contributed by atoms with Crippen LogP contribution in [0.5, 0.6) is 0 Å². The Morgan fingerprint density at radius 3 is 1.48 bits per heavy atom. The predicted octanol–water partition coefficient (Wildman–Crippen LogP) is 7.16. The molecular weight excluding hydrogens is 418 g/mol. The monoisotopic (exact) mass is 465 g/mol. The first-order chi connectivity index (χ1) is 15.7. The highest BCUT2D eigenvalue weighted by Crippen LogP contribution is 2.21. The van der Waals surface area contributed by atoms with E-state index < -0.39 is 0 Å². The quantitative estimate of drug-likeness (QED) is 0.158. The molecule has 1 saturated heterocycles. The van der Waals surface area contributed by atoms with Crippen LogP contribution in [0.2, 0.25) is 0 Å². The fourth-order valence-corrected chi connectivity index (χ4v) is 3.95. The minimum atomic E-state index is -0.375. The maximum atomic E-state index is 11.8. The van der Waals surface area contributed by atoms with E-state index in [1.165, 1.54) is 57.8 Å². The van der Waals surface area contributed by atoms with Crippen molar-refractivity contribution < 1.29 is 24.0 Å². The zero-order valence-electron chi connectivity index (χ0n) is 21.4. The van der Waals surface area contributed by atoms with Crippen molar-refractivity contribution >= 4 is 17.8 Å². The van der Waals surface area contributed by atoms with Crippen LogP contribution < -0.4 is 0 Å². The number of hydrogen-bond donors (Lipinski definition) is 0. The molecule has 0 aliphatic carbocycles. The van der Waals surface area contributed by atoms with E-state index in [1.807, 2.05) is 20.8 Å². The van der Waals surface area contributed by atoms with Crippen LogP contribution in [-0.4, -0.2) is 28.5 Å². The lowest BCUT2D eigenvalue weighted by Gasteiger charge is -2.19. The van der Waals surface area contributed by atoms with Gasteiger partial charge in [-0.25, -0.2) is 4.79 Å². The summed E-state index contributed by atoms with van der Waals surface area (Å²) in [5, 5.41) is 1.06. The van der Waals surface area contributed by atoms with Crippen molar-refractivity contribution in [2.75, 3.05) is 0 Å². The molecule has 0 unspecified atom stereocenters. The summed E-state index contributed by atoms with van der Waals surface area (Å²) in [7, 11) is 0. The molecule has 33 heavy (non-hydrogen) atoms. The van der Waals surface area contributed by atoms with Gasteiger partial charge in [-0.05, 0) is 40.0 Å². The van der Waals surface area contributed by atoms with Gasteiger partial charge >= 0.3 is 11.9 Å². The van der Waals surface area contributed by atoms with Gasteiger partial charge in [0.25, 0.3) is 5.91 Å². The van der Waals surface area contributed by atoms with Crippen molar-refractivity contribution in [3.05, 3.63) is 12.3 Å². The first-order valence-electron chi connectivity index (χ1n) is 13.1. The molecule has 1 amide bonds. The van der Waals surface area contributed by atoms with E-state index in [4.69, 9.17) is 9.57 Å². The SMILES string of the molecule is C=C1CCC(=O)N1OC(=O)CCCCCCCCCCCCCCCCC(=O)OC(C)(C)C. The summed E-state index contributed by atoms with van der Waals surface area (Å²) in [5.74, 6) is -0.593. The van der Waals surface area contributed by atoms with E-state index in [2.05, 4.69) is 6.58 Å². The molecule has 6 heteroatoms. The lowest BCUT2D eigenvalue weighted by molar-refractivity contribution is -0.186. The van der Waals surface area contributed by atoms with E-state index in [1.54, 1.807) is 0 Å². The number of allylic oxidation sites excluding steroid dienone is 1. The molecule has 0 atom stereocenters. The van der Waals surface area contributed by atoms with Gasteiger partial charge < -0.3 is 9.57 Å². The zero-order valence-corrected chi connectivity index (χ0v) is 21.4. The van der Waals surface area contributed by atoms with Crippen LogP contribution in [-0.2, 0) is 24.0 Å². The molecule has 0 bridgehead atoms. The van der Waals surface area contributed by atoms with E-state index in [9.17, 15) is 14.4 Å². The molecule has 6 nitrogen and oxygen atoms in total. The van der Waals surface area contributed by atoms with Crippen LogP contribution in [0.4, 0.5) is 0 Å². The molecule has 1 fully saturated rings. The number of ether oxygens (including phenoxy) is 1. The average molecular weight is 466 g/mol. The van der Waals surface area contributed by atoms with Gasteiger partial charge in [0.15, 0.2) is 0 Å². The molecule has 0 saturated carbocycles. The number of rotatable bonds is 18. The zero-order chi connectivity index (χ0) is 24.5. The van der Waals surface area contributed by atoms with Crippen LogP contribution in [0.1, 0.15) is 136 Å². The number of hydrogen-bond acceptors (Lipinski definition) is 5. The minimum absolute atomic E-state index is 0.0770. The van der Waals surface area contributed by atoms with Gasteiger partial charge in [0.1, 0.15) is 5.60 Å². The molecule has 0 N–H and O–H groups in total. The van der Waals surface area contributed by atoms with Gasteiger partial charge in [0.05, 0.1) is 5.70 Å². The van der Waals surface area contributed by atoms with Crippen molar-refractivity contribution in [1.29, 1.82) is 0 Å². The second-order valence-electron chi connectivity index (χ2n) is 10.3. The maximum Gasteiger partial charge on any atom is 0.333 e. The second kappa shape index (κ2) is 16.7. The molecule has 0 spiro atoms. The fraction of sp³-hybridized carbons (Fsp3) is 0.815. The third-order valence-electron chi connectivity index (χ3n) is 5.77. The number of carbonyl (C=O) groups excluding carboxylic acids is 3. The van der Waals surface area contributed by atoms with Gasteiger partial charge in [0, 0.05) is 19.3 Å². The van der Waals surface area contributed by atoms with Crippen molar-refractivity contribution in [2.45, 2.75) is 142 Å². The molecule has 0 aromatic heterocycles. The summed E-state index contributed by atoms with van der Waals surface area (Å²) in [4.78, 5) is 40.1. The molecule has 1 rings (SSSR count). The largest absolute Gasteiger partial charge is 0.460 e. The van der Waals surface area contributed by atoms with Gasteiger partial charge in [-0.15, -0.1) is 5.06 Å². The summed E-state index contributed by atoms with van der Waals surface area (Å²) >= 11 is 0. The van der Waals surface area contributed by atoms with Crippen LogP contribution in [0, 0.1) is 0 Å². The number of amides is 1. The Morgan fingerprint density at radius 1 is 0.727 bits per heavy atom. The normalized spacial score (nSPS) is 14.1. The predicted molar refractivity (Wildman–Crippen MR) is 131 cm³/mol. The molecule has 1 heterocycles. The van der Waals surface area contributed by atoms with Crippen LogP contribution in [0.25, 0.3) is 0 Å². The van der Waals surface area contributed by atoms with Gasteiger partial charge in [-0.1, -0.05) is 83.6 Å². The van der Waals surface area contributed by atoms with Crippen LogP contribution in [0.15, 0.2) is 12.3 Å². The van der Waals surface area contributed by atoms with Crippen LogP contribution in [0.3, 0.4) is 0 Å². The lowest BCUT2D eigenvalue weighted by Crippen LogP contribution is -2.26. The second-order valence-corrected chi connectivity index (χ2v) is 10.3. The van der Waals surface area contributed by atoms with E-state index in [0.29, 0.717) is 31.4 Å². The van der Waals surface area contributed by atoms with Crippen LogP contribution >= 0.6 is 0 Å². The van der Waals surface area contributed by atoms with Crippen molar-refractivity contribution in [3.63, 3.8) is 0 Å². The average Bonchev–Trinajstić information content (AvgIpc) is 3.04. The van der Waals surface area contributed by atoms with Gasteiger partial charge in [0.2, 0.25) is 0 Å². The van der Waals surface area contributed by atoms with Gasteiger partial charge in [-0.2, -0.15) is 0 Å². The Hall–Kier alpha value is -1.85. The highest BCUT2D eigenvalue weighted by molar-refractivity contribution is 5.82. The third kappa shape index (κ3) is 15.6. The number of unbranched alkanes of at least 4 members (excludes halogenated alkanes) is 13. The molecule has 0 aromatic rings. The van der Waals surface area contributed by atoms with Crippen molar-refractivity contribution in [2.24, 2.45) is 0 Å². The van der Waals surface area contributed by atoms with Gasteiger partial charge in [-0.3, -0.25) is 9.59 Å². The number of nitrogens with zero attached hydrogens (tertiary/aromatic N) is 1. The van der Waals surface area contributed by atoms with Crippen molar-refractivity contribution in [3.8, 4) is 0 Å². The number of hydroxylamine groups is 2. The summed E-state index contributed by atoms with van der Waals surface area (Å²) in [6.45, 7) is 9.47. The third-order valence-corrected chi connectivity index (χ3v) is 5.77. The van der Waals surface area contributed by atoms with E-state index in [0.717, 1.165) is 37.2 Å². The Bertz CT molecular complexity index is 592. The number of esters is 1. The number of carbonyl (C=O) groups is 3. The maximum absolute atomic E-state index is 11.8. The summed E-state index contributed by atoms with van der Waals surface area (Å²) in [6, 6.07) is 0. The molecule has 190 valence electrons. The Kier molecular flexibility index (Phi) is 14.8. The molecule has 0 aromatic carbocycles. The summed E-state index contributed by atoms with van der Waals surface area (Å²) < 4.78 is 5.32. The molecular formula is C27H47NO5. The smallest absolute Gasteiger partial charge is 0.333 e. The molecule has 1 aliphatic heterocycles. The minimum Gasteiger partial charge on any atom is -0.460 e. The first-order valence-corrected chi connectivity index (χ1v) is 13.1. The van der Waals surface area contributed by atoms with E-state index >= 15 is 0 Å². The Balaban J connectivity index is 1.79. The fourth-order valence-electron chi connectivity index (χ4n) is 3.95. The highest BCUT2D eigenvalue weighted by Gasteiger charge is 2.27. The lowest BCUT2D eigenvalue weighted by atomic mass is 10.0. The first kappa shape index (κ1) is 29.2. The highest BCUT2D eigenvalue weighted by atomic mass is 16.7. The molecule has 0 radical (unpaired) electrons. The Morgan fingerprint density at radius 2 is 1.12 bits per heavy atom. The summed E-state index contributed by atoms with van der Waals surface area (Å²) in [5.41, 5.74) is 0.198.